The number of aliphatic hydroxyl groups excluding tert-OH is 2. The highest BCUT2D eigenvalue weighted by Gasteiger charge is 2.64. The molecular formula is C26H27F3N2O8. The first-order valence-corrected chi connectivity index (χ1v) is 12.4. The van der Waals surface area contributed by atoms with Gasteiger partial charge in [-0.05, 0) is 42.9 Å². The number of primary amides is 1. The van der Waals surface area contributed by atoms with Crippen molar-refractivity contribution < 1.29 is 52.7 Å². The van der Waals surface area contributed by atoms with Crippen molar-refractivity contribution in [1.82, 2.24) is 4.90 Å². The van der Waals surface area contributed by atoms with Crippen molar-refractivity contribution in [3.05, 3.63) is 45.7 Å². The van der Waals surface area contributed by atoms with Gasteiger partial charge in [0, 0.05) is 24.6 Å². The van der Waals surface area contributed by atoms with Gasteiger partial charge in [-0.1, -0.05) is 6.07 Å². The van der Waals surface area contributed by atoms with Crippen LogP contribution in [0, 0.1) is 11.8 Å². The Labute approximate surface area is 220 Å². The third kappa shape index (κ3) is 3.85. The van der Waals surface area contributed by atoms with Gasteiger partial charge in [-0.3, -0.25) is 19.3 Å². The van der Waals surface area contributed by atoms with E-state index in [4.69, 9.17) is 10.5 Å². The van der Waals surface area contributed by atoms with E-state index in [1.54, 1.807) is 4.90 Å². The topological polar surface area (TPSA) is 171 Å². The number of halogens is 3. The fraction of sp³-hybridized carbons (Fsp3) is 0.500. The average molecular weight is 553 g/mol. The van der Waals surface area contributed by atoms with Crippen molar-refractivity contribution >= 4 is 23.2 Å². The maximum absolute atomic E-state index is 13.9. The van der Waals surface area contributed by atoms with Crippen LogP contribution in [0.2, 0.25) is 0 Å². The molecule has 39 heavy (non-hydrogen) atoms. The number of aromatic hydroxyl groups is 1. The van der Waals surface area contributed by atoms with Gasteiger partial charge in [0.2, 0.25) is 5.78 Å². The number of nitrogens with two attached hydrogens (primary N) is 1. The lowest BCUT2D eigenvalue weighted by atomic mass is 9.57. The molecule has 1 saturated heterocycles. The molecule has 0 aromatic heterocycles. The largest absolute Gasteiger partial charge is 0.508 e. The minimum Gasteiger partial charge on any atom is -0.508 e. The van der Waals surface area contributed by atoms with E-state index < -0.39 is 81.5 Å². The second-order valence-electron chi connectivity index (χ2n) is 10.4. The number of ether oxygens (including phenoxy) is 1. The van der Waals surface area contributed by atoms with Crippen molar-refractivity contribution in [3.8, 4) is 5.75 Å². The molecule has 1 aliphatic heterocycles. The fourth-order valence-electron chi connectivity index (χ4n) is 6.53. The first-order chi connectivity index (χ1) is 18.2. The van der Waals surface area contributed by atoms with Crippen LogP contribution in [0.25, 0.3) is 5.76 Å². The molecule has 1 aromatic rings. The first-order valence-electron chi connectivity index (χ1n) is 12.4. The summed E-state index contributed by atoms with van der Waals surface area (Å²) in [5.41, 5.74) is 0.601. The number of phenols is 1. The highest BCUT2D eigenvalue weighted by atomic mass is 19.4. The summed E-state index contributed by atoms with van der Waals surface area (Å²) >= 11 is 0. The van der Waals surface area contributed by atoms with Crippen molar-refractivity contribution in [2.24, 2.45) is 17.6 Å². The van der Waals surface area contributed by atoms with Crippen LogP contribution >= 0.6 is 0 Å². The Bertz CT molecular complexity index is 1350. The van der Waals surface area contributed by atoms with E-state index in [1.807, 2.05) is 0 Å². The average Bonchev–Trinajstić information content (AvgIpc) is 2.86. The molecule has 1 aromatic carbocycles. The smallest absolute Gasteiger partial charge is 0.395 e. The zero-order valence-electron chi connectivity index (χ0n) is 20.8. The lowest BCUT2D eigenvalue weighted by Crippen LogP contribution is -2.67. The summed E-state index contributed by atoms with van der Waals surface area (Å²) in [6.45, 7) is 1.77. The molecule has 6 N–H and O–H groups in total. The molecule has 210 valence electrons. The SMILES string of the molecule is C[C@@H](c1ccc(O)c2c1C[C@H]1C[C@H]3[C@@H](N4CCOCC4)C(=O)C(C(N)=O)=C(O)[C@@]3(O)C(=O)C1=C2O)C(F)(F)F. The Kier molecular flexibility index (Phi) is 6.31. The Morgan fingerprint density at radius 1 is 1.18 bits per heavy atom. The molecular weight excluding hydrogens is 525 g/mol. The number of nitrogens with zero attached hydrogens (tertiary/aromatic N) is 1. The van der Waals surface area contributed by atoms with Crippen LogP contribution in [0.1, 0.15) is 36.0 Å². The number of phenolic OH excluding ortho intramolecular Hbond substituents is 1. The number of Topliss-reactive ketones (excluding diaryl/α,β-unsaturated/α-hetero) is 2. The van der Waals surface area contributed by atoms with Gasteiger partial charge in [0.05, 0.1) is 30.7 Å². The molecule has 5 rings (SSSR count). The summed E-state index contributed by atoms with van der Waals surface area (Å²) in [5, 5.41) is 44.4. The van der Waals surface area contributed by atoms with E-state index in [-0.39, 0.29) is 55.8 Å². The van der Waals surface area contributed by atoms with E-state index >= 15 is 0 Å². The Morgan fingerprint density at radius 2 is 1.82 bits per heavy atom. The molecule has 1 saturated carbocycles. The van der Waals surface area contributed by atoms with Crippen molar-refractivity contribution in [2.45, 2.75) is 43.5 Å². The molecule has 0 bridgehead atoms. The molecule has 10 nitrogen and oxygen atoms in total. The molecule has 0 unspecified atom stereocenters. The summed E-state index contributed by atoms with van der Waals surface area (Å²) in [5.74, 6) is -10.3. The van der Waals surface area contributed by atoms with Crippen LogP contribution in [0.15, 0.2) is 29.0 Å². The second kappa shape index (κ2) is 9.07. The van der Waals surface area contributed by atoms with E-state index in [0.717, 1.165) is 19.1 Å². The monoisotopic (exact) mass is 552 g/mol. The standard InChI is InChI=1S/C26H27F3N2O8/c1-10(26(27,28)29)12-2-3-15(32)17-13(12)8-11-9-14-19(31-4-6-39-7-5-31)21(34)18(24(30)37)23(36)25(14,38)22(35)16(11)20(17)33/h2-3,10-11,14,19,32-33,36,38H,4-9H2,1H3,(H2,30,37)/t10-,11-,14-,19+,25-/m0/s1. The molecule has 1 amide bonds. The molecule has 5 atom stereocenters. The third-order valence-electron chi connectivity index (χ3n) is 8.48. The molecule has 0 spiro atoms. The maximum Gasteiger partial charge on any atom is 0.395 e. The van der Waals surface area contributed by atoms with Gasteiger partial charge in [0.1, 0.15) is 22.8 Å². The summed E-state index contributed by atoms with van der Waals surface area (Å²) in [6.07, 6.45) is -5.05. The first kappa shape index (κ1) is 27.2. The van der Waals surface area contributed by atoms with Crippen LogP contribution in [-0.2, 0) is 25.5 Å². The molecule has 0 radical (unpaired) electrons. The van der Waals surface area contributed by atoms with Crippen molar-refractivity contribution in [1.29, 1.82) is 0 Å². The van der Waals surface area contributed by atoms with E-state index in [9.17, 15) is 48.0 Å². The zero-order chi connectivity index (χ0) is 28.6. The summed E-state index contributed by atoms with van der Waals surface area (Å²) in [7, 11) is 0. The van der Waals surface area contributed by atoms with E-state index in [1.165, 1.54) is 0 Å². The number of benzene rings is 1. The maximum atomic E-state index is 13.9. The Morgan fingerprint density at radius 3 is 2.41 bits per heavy atom. The molecule has 3 aliphatic carbocycles. The van der Waals surface area contributed by atoms with Crippen LogP contribution < -0.4 is 5.73 Å². The number of morpholine rings is 1. The fourth-order valence-corrected chi connectivity index (χ4v) is 6.53. The highest BCUT2D eigenvalue weighted by Crippen LogP contribution is 2.54. The minimum absolute atomic E-state index is 0.00744. The number of alkyl halides is 3. The minimum atomic E-state index is -4.63. The molecule has 13 heteroatoms. The van der Waals surface area contributed by atoms with Crippen LogP contribution in [-0.4, -0.2) is 86.9 Å². The quantitative estimate of drug-likeness (QED) is 0.348. The number of hydrogen-bond donors (Lipinski definition) is 5. The molecule has 4 aliphatic rings. The number of amides is 1. The number of aliphatic hydroxyl groups is 3. The van der Waals surface area contributed by atoms with Crippen LogP contribution in [0.4, 0.5) is 13.2 Å². The normalized spacial score (nSPS) is 30.5. The van der Waals surface area contributed by atoms with Gasteiger partial charge in [-0.15, -0.1) is 0 Å². The number of ketones is 2. The predicted octanol–water partition coefficient (Wildman–Crippen LogP) is 1.40. The lowest BCUT2D eigenvalue weighted by Gasteiger charge is -2.51. The van der Waals surface area contributed by atoms with Crippen molar-refractivity contribution in [3.63, 3.8) is 0 Å². The zero-order valence-corrected chi connectivity index (χ0v) is 20.8. The summed E-state index contributed by atoms with van der Waals surface area (Å²) in [6, 6.07) is 0.818. The van der Waals surface area contributed by atoms with Gasteiger partial charge < -0.3 is 30.9 Å². The second-order valence-corrected chi connectivity index (χ2v) is 10.4. The van der Waals surface area contributed by atoms with Gasteiger partial charge >= 0.3 is 6.18 Å². The highest BCUT2D eigenvalue weighted by molar-refractivity contribution is 6.24. The van der Waals surface area contributed by atoms with E-state index in [2.05, 4.69) is 0 Å². The van der Waals surface area contributed by atoms with Crippen molar-refractivity contribution in [2.75, 3.05) is 26.3 Å². The van der Waals surface area contributed by atoms with Gasteiger partial charge in [0.25, 0.3) is 5.91 Å². The number of hydrogen-bond acceptors (Lipinski definition) is 9. The number of rotatable bonds is 3. The lowest BCUT2D eigenvalue weighted by molar-refractivity contribution is -0.157. The van der Waals surface area contributed by atoms with E-state index in [0.29, 0.717) is 0 Å². The van der Waals surface area contributed by atoms with Gasteiger partial charge in [0.15, 0.2) is 11.4 Å². The Balaban J connectivity index is 1.71. The molecule has 2 fully saturated rings. The van der Waals surface area contributed by atoms with Gasteiger partial charge in [-0.2, -0.15) is 13.2 Å². The number of fused-ring (bicyclic) bond motifs is 3. The number of carbonyl (C=O) groups is 3. The summed E-state index contributed by atoms with van der Waals surface area (Å²) in [4.78, 5) is 41.2. The van der Waals surface area contributed by atoms with Gasteiger partial charge in [-0.25, -0.2) is 0 Å². The predicted molar refractivity (Wildman–Crippen MR) is 127 cm³/mol. The summed E-state index contributed by atoms with van der Waals surface area (Å²) < 4.78 is 46.3. The van der Waals surface area contributed by atoms with Crippen LogP contribution in [0.5, 0.6) is 5.75 Å². The van der Waals surface area contributed by atoms with Crippen LogP contribution in [0.3, 0.4) is 0 Å². The number of carbonyl (C=O) groups excluding carboxylic acids is 3. The Hall–Kier alpha value is -3.42. The third-order valence-corrected chi connectivity index (χ3v) is 8.48. The molecule has 1 heterocycles.